The van der Waals surface area contributed by atoms with Crippen LogP contribution in [0.3, 0.4) is 0 Å². The number of nitrogens with zero attached hydrogens (tertiary/aromatic N) is 2. The lowest BCUT2D eigenvalue weighted by molar-refractivity contribution is 0.435. The molecular formula is C11H17ClFN3. The van der Waals surface area contributed by atoms with Crippen molar-refractivity contribution in [3.63, 3.8) is 0 Å². The van der Waals surface area contributed by atoms with Crippen LogP contribution in [0.5, 0.6) is 0 Å². The molecule has 0 fully saturated rings. The van der Waals surface area contributed by atoms with E-state index in [4.69, 9.17) is 11.6 Å². The van der Waals surface area contributed by atoms with Crippen LogP contribution in [0.15, 0.2) is 6.20 Å². The van der Waals surface area contributed by atoms with Crippen molar-refractivity contribution in [2.75, 3.05) is 5.32 Å². The minimum absolute atomic E-state index is 0.0562. The van der Waals surface area contributed by atoms with Crippen molar-refractivity contribution < 1.29 is 4.39 Å². The fourth-order valence-corrected chi connectivity index (χ4v) is 1.91. The molecule has 0 radical (unpaired) electrons. The molecule has 1 aromatic rings. The smallest absolute Gasteiger partial charge is 0.224 e. The summed E-state index contributed by atoms with van der Waals surface area (Å²) in [6.07, 6.45) is 3.17. The van der Waals surface area contributed by atoms with Crippen molar-refractivity contribution in [3.8, 4) is 0 Å². The van der Waals surface area contributed by atoms with E-state index in [1.807, 2.05) is 6.92 Å². The Bertz CT molecular complexity index is 342. The molecule has 0 saturated carbocycles. The van der Waals surface area contributed by atoms with Crippen LogP contribution in [-0.4, -0.2) is 16.0 Å². The molecule has 0 saturated heterocycles. The summed E-state index contributed by atoms with van der Waals surface area (Å²) >= 11 is 5.62. The van der Waals surface area contributed by atoms with Gasteiger partial charge in [-0.2, -0.15) is 4.98 Å². The Labute approximate surface area is 100 Å². The molecule has 0 bridgehead atoms. The van der Waals surface area contributed by atoms with Gasteiger partial charge >= 0.3 is 0 Å². The van der Waals surface area contributed by atoms with Crippen molar-refractivity contribution in [1.82, 2.24) is 9.97 Å². The van der Waals surface area contributed by atoms with Gasteiger partial charge in [0.05, 0.1) is 6.20 Å². The molecule has 1 atom stereocenters. The molecule has 0 aromatic carbocycles. The van der Waals surface area contributed by atoms with E-state index >= 15 is 0 Å². The van der Waals surface area contributed by atoms with Gasteiger partial charge in [-0.3, -0.25) is 0 Å². The van der Waals surface area contributed by atoms with E-state index in [-0.39, 0.29) is 17.1 Å². The first-order chi connectivity index (χ1) is 7.58. The largest absolute Gasteiger partial charge is 0.365 e. The zero-order valence-corrected chi connectivity index (χ0v) is 10.6. The van der Waals surface area contributed by atoms with Crippen molar-refractivity contribution in [2.45, 2.75) is 39.7 Å². The Morgan fingerprint density at radius 1 is 1.44 bits per heavy atom. The second-order valence-electron chi connectivity index (χ2n) is 3.85. The van der Waals surface area contributed by atoms with Gasteiger partial charge in [0.2, 0.25) is 5.28 Å². The lowest BCUT2D eigenvalue weighted by atomic mass is 9.95. The summed E-state index contributed by atoms with van der Waals surface area (Å²) in [5.74, 6) is 0.203. The van der Waals surface area contributed by atoms with Gasteiger partial charge in [-0.1, -0.05) is 26.7 Å². The number of nitrogens with one attached hydrogen (secondary N) is 1. The first-order valence-electron chi connectivity index (χ1n) is 5.53. The highest BCUT2D eigenvalue weighted by molar-refractivity contribution is 6.28. The topological polar surface area (TPSA) is 37.8 Å². The highest BCUT2D eigenvalue weighted by Gasteiger charge is 2.16. The number of rotatable bonds is 5. The Morgan fingerprint density at radius 2 is 2.06 bits per heavy atom. The molecule has 0 aliphatic carbocycles. The van der Waals surface area contributed by atoms with E-state index in [1.165, 1.54) is 0 Å². The molecule has 1 N–H and O–H groups in total. The van der Waals surface area contributed by atoms with Crippen molar-refractivity contribution in [2.24, 2.45) is 5.92 Å². The molecule has 0 amide bonds. The summed E-state index contributed by atoms with van der Waals surface area (Å²) in [4.78, 5) is 7.40. The van der Waals surface area contributed by atoms with Crippen LogP contribution in [0.2, 0.25) is 5.28 Å². The van der Waals surface area contributed by atoms with Crippen molar-refractivity contribution >= 4 is 17.4 Å². The van der Waals surface area contributed by atoms with E-state index in [0.717, 1.165) is 19.0 Å². The van der Waals surface area contributed by atoms with E-state index in [1.54, 1.807) is 0 Å². The fraction of sp³-hybridized carbons (Fsp3) is 0.636. The average molecular weight is 246 g/mol. The molecule has 1 heterocycles. The van der Waals surface area contributed by atoms with Gasteiger partial charge in [0.1, 0.15) is 0 Å². The number of aromatic nitrogens is 2. The third-order valence-corrected chi connectivity index (χ3v) is 3.02. The van der Waals surface area contributed by atoms with Gasteiger partial charge in [0, 0.05) is 6.04 Å². The minimum atomic E-state index is -0.470. The van der Waals surface area contributed by atoms with Crippen LogP contribution in [0, 0.1) is 11.7 Å². The molecule has 5 heteroatoms. The molecule has 16 heavy (non-hydrogen) atoms. The van der Waals surface area contributed by atoms with Crippen LogP contribution < -0.4 is 5.32 Å². The lowest BCUT2D eigenvalue weighted by Crippen LogP contribution is -2.26. The average Bonchev–Trinajstić information content (AvgIpc) is 2.25. The van der Waals surface area contributed by atoms with Crippen LogP contribution >= 0.6 is 11.6 Å². The van der Waals surface area contributed by atoms with Gasteiger partial charge in [0.15, 0.2) is 11.6 Å². The quantitative estimate of drug-likeness (QED) is 0.807. The van der Waals surface area contributed by atoms with Crippen LogP contribution in [-0.2, 0) is 0 Å². The first-order valence-corrected chi connectivity index (χ1v) is 5.90. The second-order valence-corrected chi connectivity index (χ2v) is 4.18. The fourth-order valence-electron chi connectivity index (χ4n) is 1.78. The van der Waals surface area contributed by atoms with Crippen molar-refractivity contribution in [3.05, 3.63) is 17.3 Å². The predicted octanol–water partition coefficient (Wildman–Crippen LogP) is 3.51. The van der Waals surface area contributed by atoms with E-state index in [9.17, 15) is 4.39 Å². The summed E-state index contributed by atoms with van der Waals surface area (Å²) in [5.41, 5.74) is 0. The predicted molar refractivity (Wildman–Crippen MR) is 64.2 cm³/mol. The van der Waals surface area contributed by atoms with Gasteiger partial charge in [-0.05, 0) is 24.4 Å². The Kier molecular flexibility index (Phi) is 4.93. The molecule has 3 nitrogen and oxygen atoms in total. The Morgan fingerprint density at radius 3 is 2.62 bits per heavy atom. The van der Waals surface area contributed by atoms with Crippen LogP contribution in [0.25, 0.3) is 0 Å². The van der Waals surface area contributed by atoms with E-state index in [0.29, 0.717) is 5.92 Å². The number of hydrogen-bond acceptors (Lipinski definition) is 3. The van der Waals surface area contributed by atoms with Gasteiger partial charge in [0.25, 0.3) is 0 Å². The van der Waals surface area contributed by atoms with Crippen LogP contribution in [0.1, 0.15) is 33.6 Å². The molecule has 0 aliphatic rings. The van der Waals surface area contributed by atoms with Gasteiger partial charge in [-0.25, -0.2) is 9.37 Å². The highest BCUT2D eigenvalue weighted by atomic mass is 35.5. The monoisotopic (exact) mass is 245 g/mol. The van der Waals surface area contributed by atoms with E-state index in [2.05, 4.69) is 29.1 Å². The zero-order chi connectivity index (χ0) is 12.1. The third-order valence-electron chi connectivity index (χ3n) is 2.83. The van der Waals surface area contributed by atoms with Crippen molar-refractivity contribution in [1.29, 1.82) is 0 Å². The number of halogens is 2. The maximum absolute atomic E-state index is 13.4. The molecule has 1 aromatic heterocycles. The zero-order valence-electron chi connectivity index (χ0n) is 9.80. The summed E-state index contributed by atoms with van der Waals surface area (Å²) in [5, 5.41) is 3.10. The molecule has 1 unspecified atom stereocenters. The van der Waals surface area contributed by atoms with Gasteiger partial charge < -0.3 is 5.32 Å². The second kappa shape index (κ2) is 5.99. The van der Waals surface area contributed by atoms with E-state index < -0.39 is 5.82 Å². The Hall–Kier alpha value is -0.900. The summed E-state index contributed by atoms with van der Waals surface area (Å²) in [7, 11) is 0. The number of anilines is 1. The summed E-state index contributed by atoms with van der Waals surface area (Å²) in [6.45, 7) is 6.26. The molecule has 0 aliphatic heterocycles. The third kappa shape index (κ3) is 3.30. The normalized spacial score (nSPS) is 12.9. The molecular weight excluding hydrogens is 229 g/mol. The Balaban J connectivity index is 2.75. The molecule has 0 spiro atoms. The summed E-state index contributed by atoms with van der Waals surface area (Å²) < 4.78 is 13.4. The standard InChI is InChI=1S/C11H17ClFN3/c1-4-8(5-2)7(3)15-10-9(13)6-14-11(12)16-10/h6-8H,4-5H2,1-3H3,(H,14,15,16). The first kappa shape index (κ1) is 13.2. The number of hydrogen-bond donors (Lipinski definition) is 1. The SMILES string of the molecule is CCC(CC)C(C)Nc1nc(Cl)ncc1F. The lowest BCUT2D eigenvalue weighted by Gasteiger charge is -2.23. The maximum atomic E-state index is 13.4. The highest BCUT2D eigenvalue weighted by Crippen LogP contribution is 2.19. The van der Waals surface area contributed by atoms with Crippen LogP contribution in [0.4, 0.5) is 10.2 Å². The minimum Gasteiger partial charge on any atom is -0.365 e. The summed E-state index contributed by atoms with van der Waals surface area (Å²) in [6, 6.07) is 0.162. The maximum Gasteiger partial charge on any atom is 0.224 e. The molecule has 90 valence electrons. The molecule has 1 rings (SSSR count). The van der Waals surface area contributed by atoms with Gasteiger partial charge in [-0.15, -0.1) is 0 Å².